The Morgan fingerprint density at radius 1 is 0.974 bits per heavy atom. The van der Waals surface area contributed by atoms with Gasteiger partial charge in [0.1, 0.15) is 6.04 Å². The number of carboxylic acid groups (broad SMARTS) is 1. The number of rotatable bonds is 7. The van der Waals surface area contributed by atoms with Crippen LogP contribution in [-0.4, -0.2) is 69.2 Å². The molecule has 8 heteroatoms. The van der Waals surface area contributed by atoms with Crippen molar-refractivity contribution >= 4 is 40.2 Å². The van der Waals surface area contributed by atoms with E-state index in [-0.39, 0.29) is 12.0 Å². The Morgan fingerprint density at radius 3 is 2.41 bits per heavy atom. The summed E-state index contributed by atoms with van der Waals surface area (Å²) in [5, 5.41) is 11.4. The van der Waals surface area contributed by atoms with Crippen molar-refractivity contribution in [2.45, 2.75) is 62.9 Å². The summed E-state index contributed by atoms with van der Waals surface area (Å²) in [7, 11) is 0. The lowest BCUT2D eigenvalue weighted by Gasteiger charge is -2.36. The SMILES string of the molecule is O=C(O)[C@@H](C1CCCCC1)N1CC(c2ccccc2)[C@@H](CN2CCC(n3cnc4cc(Cl)c(Cl)cc43)CC2)C1. The van der Waals surface area contributed by atoms with Crippen LogP contribution in [0.2, 0.25) is 10.0 Å². The van der Waals surface area contributed by atoms with Crippen LogP contribution in [0, 0.1) is 11.8 Å². The highest BCUT2D eigenvalue weighted by atomic mass is 35.5. The van der Waals surface area contributed by atoms with E-state index in [2.05, 4.69) is 49.7 Å². The molecule has 0 spiro atoms. The Hall–Kier alpha value is -2.12. The molecule has 1 aromatic heterocycles. The van der Waals surface area contributed by atoms with Crippen molar-refractivity contribution in [3.05, 3.63) is 64.4 Å². The normalized spacial score (nSPS) is 24.9. The van der Waals surface area contributed by atoms with Crippen molar-refractivity contribution < 1.29 is 9.90 Å². The Morgan fingerprint density at radius 2 is 1.69 bits per heavy atom. The van der Waals surface area contributed by atoms with Crippen molar-refractivity contribution in [3.8, 4) is 0 Å². The van der Waals surface area contributed by atoms with E-state index < -0.39 is 5.97 Å². The number of fused-ring (bicyclic) bond motifs is 1. The maximum Gasteiger partial charge on any atom is 0.321 e. The van der Waals surface area contributed by atoms with Crippen LogP contribution in [0.3, 0.4) is 0 Å². The minimum absolute atomic E-state index is 0.274. The molecule has 0 radical (unpaired) electrons. The molecule has 6 rings (SSSR count). The van der Waals surface area contributed by atoms with Gasteiger partial charge in [0.05, 0.1) is 27.4 Å². The first kappa shape index (κ1) is 27.1. The highest BCUT2D eigenvalue weighted by Crippen LogP contribution is 2.39. The van der Waals surface area contributed by atoms with Crippen LogP contribution >= 0.6 is 23.2 Å². The molecular weight excluding hydrogens is 531 g/mol. The van der Waals surface area contributed by atoms with E-state index in [0.717, 1.165) is 82.3 Å². The summed E-state index contributed by atoms with van der Waals surface area (Å²) in [6.07, 6.45) is 9.68. The number of nitrogens with zero attached hydrogens (tertiary/aromatic N) is 4. The van der Waals surface area contributed by atoms with Crippen LogP contribution in [0.4, 0.5) is 0 Å². The Kier molecular flexibility index (Phi) is 8.17. The van der Waals surface area contributed by atoms with E-state index in [1.807, 2.05) is 18.5 Å². The molecule has 3 atom stereocenters. The zero-order chi connectivity index (χ0) is 26.9. The number of hydrogen-bond acceptors (Lipinski definition) is 4. The summed E-state index contributed by atoms with van der Waals surface area (Å²) in [4.78, 5) is 22.0. The molecule has 208 valence electrons. The van der Waals surface area contributed by atoms with E-state index in [4.69, 9.17) is 23.2 Å². The summed E-state index contributed by atoms with van der Waals surface area (Å²) in [6.45, 7) is 4.75. The number of hydrogen-bond donors (Lipinski definition) is 1. The van der Waals surface area contributed by atoms with Gasteiger partial charge in [0.25, 0.3) is 0 Å². The van der Waals surface area contributed by atoms with Gasteiger partial charge in [-0.3, -0.25) is 9.69 Å². The Balaban J connectivity index is 1.15. The lowest BCUT2D eigenvalue weighted by molar-refractivity contribution is -0.145. The predicted octanol–water partition coefficient (Wildman–Crippen LogP) is 6.73. The van der Waals surface area contributed by atoms with E-state index >= 15 is 0 Å². The predicted molar refractivity (Wildman–Crippen MR) is 157 cm³/mol. The summed E-state index contributed by atoms with van der Waals surface area (Å²) < 4.78 is 2.26. The average Bonchev–Trinajstić information content (AvgIpc) is 3.54. The lowest BCUT2D eigenvalue weighted by Crippen LogP contribution is -2.46. The quantitative estimate of drug-likeness (QED) is 0.342. The molecule has 1 unspecified atom stereocenters. The van der Waals surface area contributed by atoms with Gasteiger partial charge < -0.3 is 14.6 Å². The van der Waals surface area contributed by atoms with Gasteiger partial charge in [-0.05, 0) is 55.2 Å². The molecule has 2 aromatic carbocycles. The van der Waals surface area contributed by atoms with Gasteiger partial charge >= 0.3 is 5.97 Å². The largest absolute Gasteiger partial charge is 0.480 e. The number of benzene rings is 2. The van der Waals surface area contributed by atoms with Crippen molar-refractivity contribution in [1.29, 1.82) is 0 Å². The third-order valence-electron chi connectivity index (χ3n) is 9.50. The zero-order valence-electron chi connectivity index (χ0n) is 22.4. The standard InChI is InChI=1S/C31H38Cl2N4O2/c32-26-15-28-29(16-27(26)33)37(20-34-28)24-11-13-35(14-12-24)17-23-18-36(19-25(23)21-7-3-1-4-8-21)30(31(38)39)22-9-5-2-6-10-22/h1,3-4,7-8,15-16,20,22-25,30H,2,5-6,9-14,17-19H2,(H,38,39)/t23-,25?,30+/m0/s1. The minimum Gasteiger partial charge on any atom is -0.480 e. The number of carbonyl (C=O) groups is 1. The third kappa shape index (κ3) is 5.72. The highest BCUT2D eigenvalue weighted by Gasteiger charge is 2.43. The molecule has 3 heterocycles. The lowest BCUT2D eigenvalue weighted by atomic mass is 9.83. The minimum atomic E-state index is -0.635. The van der Waals surface area contributed by atoms with E-state index in [0.29, 0.717) is 27.9 Å². The third-order valence-corrected chi connectivity index (χ3v) is 10.2. The number of aliphatic carboxylic acids is 1. The molecule has 0 amide bonds. The van der Waals surface area contributed by atoms with Crippen molar-refractivity contribution in [3.63, 3.8) is 0 Å². The second-order valence-corrected chi connectivity index (χ2v) is 12.7. The molecule has 3 aromatic rings. The molecule has 0 bridgehead atoms. The van der Waals surface area contributed by atoms with Gasteiger partial charge in [0, 0.05) is 44.7 Å². The van der Waals surface area contributed by atoms with Gasteiger partial charge in [-0.25, -0.2) is 4.98 Å². The van der Waals surface area contributed by atoms with Crippen LogP contribution in [0.5, 0.6) is 0 Å². The fraction of sp³-hybridized carbons (Fsp3) is 0.548. The van der Waals surface area contributed by atoms with Gasteiger partial charge in [0.2, 0.25) is 0 Å². The van der Waals surface area contributed by atoms with E-state index in [1.54, 1.807) is 0 Å². The van der Waals surface area contributed by atoms with Crippen LogP contribution in [-0.2, 0) is 4.79 Å². The summed E-state index contributed by atoms with van der Waals surface area (Å²) in [6, 6.07) is 14.6. The van der Waals surface area contributed by atoms with E-state index in [9.17, 15) is 9.90 Å². The molecule has 39 heavy (non-hydrogen) atoms. The van der Waals surface area contributed by atoms with Crippen LogP contribution in [0.25, 0.3) is 11.0 Å². The first-order chi connectivity index (χ1) is 19.0. The van der Waals surface area contributed by atoms with Gasteiger partial charge in [-0.15, -0.1) is 0 Å². The van der Waals surface area contributed by atoms with Crippen molar-refractivity contribution in [2.24, 2.45) is 11.8 Å². The molecule has 2 aliphatic heterocycles. The number of halogens is 2. The van der Waals surface area contributed by atoms with Gasteiger partial charge in [0.15, 0.2) is 0 Å². The molecule has 1 aliphatic carbocycles. The maximum atomic E-state index is 12.5. The van der Waals surface area contributed by atoms with Crippen LogP contribution < -0.4 is 0 Å². The van der Waals surface area contributed by atoms with Gasteiger partial charge in [-0.1, -0.05) is 72.8 Å². The zero-order valence-corrected chi connectivity index (χ0v) is 23.9. The Labute approximate surface area is 240 Å². The molecule has 6 nitrogen and oxygen atoms in total. The molecule has 1 saturated carbocycles. The summed E-state index contributed by atoms with van der Waals surface area (Å²) in [5.41, 5.74) is 3.27. The first-order valence-corrected chi connectivity index (χ1v) is 15.3. The fourth-order valence-electron chi connectivity index (χ4n) is 7.53. The van der Waals surface area contributed by atoms with Crippen LogP contribution in [0.1, 0.15) is 62.5 Å². The number of aromatic nitrogens is 2. The molecule has 1 N–H and O–H groups in total. The number of imidazole rings is 1. The second-order valence-electron chi connectivity index (χ2n) is 11.9. The van der Waals surface area contributed by atoms with Crippen molar-refractivity contribution in [1.82, 2.24) is 19.4 Å². The fourth-order valence-corrected chi connectivity index (χ4v) is 7.84. The molecule has 3 fully saturated rings. The number of piperidine rings is 1. The second kappa shape index (κ2) is 11.8. The molecule has 3 aliphatic rings. The first-order valence-electron chi connectivity index (χ1n) is 14.5. The van der Waals surface area contributed by atoms with E-state index in [1.165, 1.54) is 12.0 Å². The van der Waals surface area contributed by atoms with Crippen molar-refractivity contribution in [2.75, 3.05) is 32.7 Å². The number of likely N-dealkylation sites (tertiary alicyclic amines) is 2. The molecular formula is C31H38Cl2N4O2. The van der Waals surface area contributed by atoms with Gasteiger partial charge in [-0.2, -0.15) is 0 Å². The maximum absolute atomic E-state index is 12.5. The van der Waals surface area contributed by atoms with Crippen LogP contribution in [0.15, 0.2) is 48.8 Å². The monoisotopic (exact) mass is 568 g/mol. The Bertz CT molecular complexity index is 1280. The summed E-state index contributed by atoms with van der Waals surface area (Å²) in [5.74, 6) is 0.419. The summed E-state index contributed by atoms with van der Waals surface area (Å²) >= 11 is 12.5. The highest BCUT2D eigenvalue weighted by molar-refractivity contribution is 6.42. The topological polar surface area (TPSA) is 61.6 Å². The average molecular weight is 570 g/mol. The smallest absolute Gasteiger partial charge is 0.321 e. The molecule has 2 saturated heterocycles. The number of carboxylic acids is 1.